The van der Waals surface area contributed by atoms with Crippen LogP contribution in [0.5, 0.6) is 0 Å². The molecule has 0 radical (unpaired) electrons. The van der Waals surface area contributed by atoms with Crippen LogP contribution in [-0.2, 0) is 9.68 Å². The molecule has 4 nitrogen and oxygen atoms in total. The van der Waals surface area contributed by atoms with Crippen molar-refractivity contribution in [3.8, 4) is 0 Å². The number of nitrogens with zero attached hydrogens (tertiary/aromatic N) is 2. The van der Waals surface area contributed by atoms with Crippen molar-refractivity contribution in [1.82, 2.24) is 10.1 Å². The van der Waals surface area contributed by atoms with Crippen LogP contribution in [0.4, 0.5) is 0 Å². The second-order valence-electron chi connectivity index (χ2n) is 4.39. The normalized spacial score (nSPS) is 40.3. The molecule has 0 N–H and O–H groups in total. The molecule has 0 saturated carbocycles. The third kappa shape index (κ3) is 1.56. The highest BCUT2D eigenvalue weighted by Crippen LogP contribution is 2.30. The van der Waals surface area contributed by atoms with E-state index in [0.29, 0.717) is 0 Å². The molecule has 80 valence electrons. The highest BCUT2D eigenvalue weighted by atomic mass is 16.8. The van der Waals surface area contributed by atoms with Crippen LogP contribution in [0.25, 0.3) is 0 Å². The quantitative estimate of drug-likeness (QED) is 0.588. The van der Waals surface area contributed by atoms with E-state index < -0.39 is 0 Å². The first kappa shape index (κ1) is 9.09. The van der Waals surface area contributed by atoms with Gasteiger partial charge in [0.15, 0.2) is 12.5 Å². The minimum absolute atomic E-state index is 0.193. The molecule has 3 aliphatic heterocycles. The molecule has 3 fully saturated rings. The van der Waals surface area contributed by atoms with Crippen LogP contribution >= 0.6 is 0 Å². The summed E-state index contributed by atoms with van der Waals surface area (Å²) in [5.74, 6) is 0. The zero-order valence-electron chi connectivity index (χ0n) is 8.52. The standard InChI is InChI=1S/C10H18N2O2/c1-3-7-11-9(5-1)13-12-8-4-2-6-10(12)14-11/h9-10H,1-8H2. The van der Waals surface area contributed by atoms with Crippen molar-refractivity contribution in [2.24, 2.45) is 0 Å². The van der Waals surface area contributed by atoms with Crippen molar-refractivity contribution in [2.45, 2.75) is 51.0 Å². The molecule has 2 unspecified atom stereocenters. The maximum Gasteiger partial charge on any atom is 0.154 e. The summed E-state index contributed by atoms with van der Waals surface area (Å²) in [4.78, 5) is 11.9. The molecule has 3 rings (SSSR count). The molecule has 0 aromatic carbocycles. The van der Waals surface area contributed by atoms with Gasteiger partial charge in [-0.3, -0.25) is 9.68 Å². The first-order valence-electron chi connectivity index (χ1n) is 5.80. The Morgan fingerprint density at radius 3 is 1.71 bits per heavy atom. The lowest BCUT2D eigenvalue weighted by Gasteiger charge is -2.48. The second-order valence-corrected chi connectivity index (χ2v) is 4.39. The van der Waals surface area contributed by atoms with E-state index in [1.165, 1.54) is 25.7 Å². The van der Waals surface area contributed by atoms with Gasteiger partial charge in [-0.15, -0.1) is 0 Å². The summed E-state index contributed by atoms with van der Waals surface area (Å²) in [6.07, 6.45) is 7.63. The first-order valence-corrected chi connectivity index (χ1v) is 5.80. The predicted molar refractivity (Wildman–Crippen MR) is 50.9 cm³/mol. The highest BCUT2D eigenvalue weighted by Gasteiger charge is 2.38. The zero-order chi connectivity index (χ0) is 9.38. The van der Waals surface area contributed by atoms with Crippen LogP contribution in [0.3, 0.4) is 0 Å². The molecular weight excluding hydrogens is 180 g/mol. The van der Waals surface area contributed by atoms with Gasteiger partial charge >= 0.3 is 0 Å². The molecule has 0 spiro atoms. The Bertz CT molecular complexity index is 170. The lowest BCUT2D eigenvalue weighted by molar-refractivity contribution is -0.455. The topological polar surface area (TPSA) is 24.9 Å². The average Bonchev–Trinajstić information content (AvgIpc) is 2.26. The van der Waals surface area contributed by atoms with Gasteiger partial charge in [0.25, 0.3) is 0 Å². The summed E-state index contributed by atoms with van der Waals surface area (Å²) in [5, 5.41) is 4.10. The lowest BCUT2D eigenvalue weighted by Crippen LogP contribution is -2.57. The van der Waals surface area contributed by atoms with Gasteiger partial charge in [0, 0.05) is 13.1 Å². The third-order valence-corrected chi connectivity index (χ3v) is 3.32. The van der Waals surface area contributed by atoms with Gasteiger partial charge in [0.05, 0.1) is 0 Å². The molecular formula is C10H18N2O2. The summed E-state index contributed by atoms with van der Waals surface area (Å²) in [6.45, 7) is 2.07. The number of hydrogen-bond acceptors (Lipinski definition) is 4. The summed E-state index contributed by atoms with van der Waals surface area (Å²) >= 11 is 0. The Morgan fingerprint density at radius 1 is 0.714 bits per heavy atom. The fourth-order valence-corrected chi connectivity index (χ4v) is 2.51. The van der Waals surface area contributed by atoms with Crippen LogP contribution in [-0.4, -0.2) is 35.7 Å². The maximum absolute atomic E-state index is 5.93. The van der Waals surface area contributed by atoms with Crippen molar-refractivity contribution in [2.75, 3.05) is 13.1 Å². The van der Waals surface area contributed by atoms with E-state index in [4.69, 9.17) is 9.68 Å². The molecule has 2 atom stereocenters. The Morgan fingerprint density at radius 2 is 1.21 bits per heavy atom. The number of hydroxylamine groups is 4. The molecule has 0 bridgehead atoms. The minimum atomic E-state index is 0.193. The summed E-state index contributed by atoms with van der Waals surface area (Å²) in [5.41, 5.74) is 0. The van der Waals surface area contributed by atoms with Crippen LogP contribution in [0.2, 0.25) is 0 Å². The van der Waals surface area contributed by atoms with E-state index in [9.17, 15) is 0 Å². The van der Waals surface area contributed by atoms with E-state index in [1.807, 2.05) is 0 Å². The van der Waals surface area contributed by atoms with Crippen LogP contribution < -0.4 is 0 Å². The molecule has 3 aliphatic rings. The van der Waals surface area contributed by atoms with Gasteiger partial charge in [-0.25, -0.2) is 0 Å². The Kier molecular flexibility index (Phi) is 2.45. The Hall–Kier alpha value is -0.160. The number of rotatable bonds is 0. The molecule has 3 saturated heterocycles. The van der Waals surface area contributed by atoms with Crippen molar-refractivity contribution in [1.29, 1.82) is 0 Å². The molecule has 0 aromatic rings. The van der Waals surface area contributed by atoms with Gasteiger partial charge < -0.3 is 0 Å². The monoisotopic (exact) mass is 198 g/mol. The highest BCUT2D eigenvalue weighted by molar-refractivity contribution is 4.71. The lowest BCUT2D eigenvalue weighted by atomic mass is 10.1. The minimum Gasteiger partial charge on any atom is -0.275 e. The number of fused-ring (bicyclic) bond motifs is 2. The smallest absolute Gasteiger partial charge is 0.154 e. The summed E-state index contributed by atoms with van der Waals surface area (Å²) in [7, 11) is 0. The third-order valence-electron chi connectivity index (χ3n) is 3.32. The SMILES string of the molecule is C1CCN2OC3CCCCN3OC2C1. The van der Waals surface area contributed by atoms with Crippen molar-refractivity contribution >= 4 is 0 Å². The van der Waals surface area contributed by atoms with Gasteiger partial charge in [-0.05, 0) is 38.5 Å². The molecule has 14 heavy (non-hydrogen) atoms. The Labute approximate surface area is 84.7 Å². The first-order chi connectivity index (χ1) is 6.93. The van der Waals surface area contributed by atoms with Crippen LogP contribution in [0.15, 0.2) is 0 Å². The van der Waals surface area contributed by atoms with Crippen molar-refractivity contribution < 1.29 is 9.68 Å². The van der Waals surface area contributed by atoms with Crippen LogP contribution in [0.1, 0.15) is 38.5 Å². The van der Waals surface area contributed by atoms with Crippen molar-refractivity contribution in [3.63, 3.8) is 0 Å². The van der Waals surface area contributed by atoms with E-state index in [0.717, 1.165) is 25.9 Å². The maximum atomic E-state index is 5.93. The second kappa shape index (κ2) is 3.77. The molecule has 3 heterocycles. The van der Waals surface area contributed by atoms with Gasteiger partial charge in [0.1, 0.15) is 0 Å². The zero-order valence-corrected chi connectivity index (χ0v) is 8.52. The molecule has 0 aliphatic carbocycles. The van der Waals surface area contributed by atoms with Gasteiger partial charge in [-0.2, -0.15) is 10.1 Å². The van der Waals surface area contributed by atoms with Gasteiger partial charge in [-0.1, -0.05) is 0 Å². The van der Waals surface area contributed by atoms with E-state index >= 15 is 0 Å². The summed E-state index contributed by atoms with van der Waals surface area (Å²) in [6, 6.07) is 0. The largest absolute Gasteiger partial charge is 0.275 e. The average molecular weight is 198 g/mol. The molecule has 0 amide bonds. The van der Waals surface area contributed by atoms with E-state index in [1.54, 1.807) is 0 Å². The summed E-state index contributed by atoms with van der Waals surface area (Å²) < 4.78 is 0. The Balaban J connectivity index is 1.68. The van der Waals surface area contributed by atoms with Gasteiger partial charge in [0.2, 0.25) is 0 Å². The van der Waals surface area contributed by atoms with Crippen LogP contribution in [0, 0.1) is 0 Å². The number of hydrogen-bond donors (Lipinski definition) is 0. The van der Waals surface area contributed by atoms with E-state index in [2.05, 4.69) is 10.1 Å². The fraction of sp³-hybridized carbons (Fsp3) is 1.00. The fourth-order valence-electron chi connectivity index (χ4n) is 2.51. The predicted octanol–water partition coefficient (Wildman–Crippen LogP) is 1.49. The molecule has 4 heteroatoms. The van der Waals surface area contributed by atoms with E-state index in [-0.39, 0.29) is 12.5 Å². The number of piperidine rings is 2. The molecule has 0 aromatic heterocycles. The van der Waals surface area contributed by atoms with Crippen molar-refractivity contribution in [3.05, 3.63) is 0 Å².